The molecule has 4 aromatic carbocycles. The van der Waals surface area contributed by atoms with E-state index in [0.29, 0.717) is 30.9 Å². The van der Waals surface area contributed by atoms with Gasteiger partial charge in [0.15, 0.2) is 23.0 Å². The standard InChI is InChI=1S/C28H28O7/c1-2-32-13-19(29)14-34-27-23(30)11-17-7-3-5-9-21(17)25(27)26-22-10-6-4-8-18(22)12-24(31)28(26)35-16-20-15-33-20/h3-12,19-20,29-31H,2,13-16H2,1H3. The first-order chi connectivity index (χ1) is 17.1. The van der Waals surface area contributed by atoms with Gasteiger partial charge >= 0.3 is 0 Å². The highest BCUT2D eigenvalue weighted by Gasteiger charge is 2.28. The third-order valence-electron chi connectivity index (χ3n) is 5.96. The van der Waals surface area contributed by atoms with Crippen LogP contribution in [0.1, 0.15) is 6.92 Å². The maximum Gasteiger partial charge on any atom is 0.169 e. The summed E-state index contributed by atoms with van der Waals surface area (Å²) >= 11 is 0. The van der Waals surface area contributed by atoms with Crippen LogP contribution in [0.25, 0.3) is 32.7 Å². The Bertz CT molecular complexity index is 1350. The van der Waals surface area contributed by atoms with E-state index in [2.05, 4.69) is 0 Å². The number of rotatable bonds is 10. The van der Waals surface area contributed by atoms with E-state index in [1.54, 1.807) is 12.1 Å². The smallest absolute Gasteiger partial charge is 0.169 e. The number of phenolic OH excluding ortho intramolecular Hbond substituents is 2. The zero-order chi connectivity index (χ0) is 24.4. The molecule has 0 spiro atoms. The predicted octanol–water partition coefficient (Wildman–Crippen LogP) is 4.63. The fourth-order valence-electron chi connectivity index (χ4n) is 4.24. The Morgan fingerprint density at radius 2 is 1.40 bits per heavy atom. The Labute approximate surface area is 203 Å². The number of aromatic hydroxyl groups is 2. The van der Waals surface area contributed by atoms with Crippen molar-refractivity contribution in [2.75, 3.05) is 33.0 Å². The number of aliphatic hydroxyl groups excluding tert-OH is 1. The molecule has 0 amide bonds. The summed E-state index contributed by atoms with van der Waals surface area (Å²) < 4.78 is 22.7. The van der Waals surface area contributed by atoms with E-state index >= 15 is 0 Å². The molecular formula is C28H28O7. The first-order valence-electron chi connectivity index (χ1n) is 11.7. The summed E-state index contributed by atoms with van der Waals surface area (Å²) in [6.45, 7) is 3.27. The Balaban J connectivity index is 1.73. The molecule has 0 saturated carbocycles. The summed E-state index contributed by atoms with van der Waals surface area (Å²) in [6.07, 6.45) is -0.892. The van der Waals surface area contributed by atoms with Crippen LogP contribution in [-0.2, 0) is 9.47 Å². The lowest BCUT2D eigenvalue weighted by atomic mass is 9.91. The van der Waals surface area contributed by atoms with Crippen molar-refractivity contribution in [1.29, 1.82) is 0 Å². The highest BCUT2D eigenvalue weighted by atomic mass is 16.6. The van der Waals surface area contributed by atoms with Gasteiger partial charge in [-0.25, -0.2) is 0 Å². The van der Waals surface area contributed by atoms with Crippen molar-refractivity contribution >= 4 is 21.5 Å². The van der Waals surface area contributed by atoms with Crippen LogP contribution in [-0.4, -0.2) is 60.6 Å². The average molecular weight is 477 g/mol. The quantitative estimate of drug-likeness (QED) is 0.287. The maximum atomic E-state index is 11.0. The molecule has 1 aliphatic rings. The van der Waals surface area contributed by atoms with Crippen LogP contribution in [0.5, 0.6) is 23.0 Å². The molecule has 182 valence electrons. The first kappa shape index (κ1) is 23.2. The van der Waals surface area contributed by atoms with Gasteiger partial charge in [0.1, 0.15) is 25.4 Å². The molecule has 4 aromatic rings. The van der Waals surface area contributed by atoms with Crippen molar-refractivity contribution in [3.05, 3.63) is 60.7 Å². The van der Waals surface area contributed by atoms with Gasteiger partial charge in [0.25, 0.3) is 0 Å². The van der Waals surface area contributed by atoms with E-state index in [4.69, 9.17) is 18.9 Å². The minimum Gasteiger partial charge on any atom is -0.504 e. The molecule has 2 unspecified atom stereocenters. The first-order valence-corrected chi connectivity index (χ1v) is 11.7. The highest BCUT2D eigenvalue weighted by Crippen LogP contribution is 2.51. The van der Waals surface area contributed by atoms with Gasteiger partial charge in [-0.15, -0.1) is 0 Å². The molecule has 3 N–H and O–H groups in total. The number of benzene rings is 4. The molecule has 0 aliphatic carbocycles. The van der Waals surface area contributed by atoms with E-state index in [-0.39, 0.29) is 42.3 Å². The number of phenols is 2. The van der Waals surface area contributed by atoms with Gasteiger partial charge < -0.3 is 34.3 Å². The summed E-state index contributed by atoms with van der Waals surface area (Å²) in [6, 6.07) is 18.6. The van der Waals surface area contributed by atoms with Gasteiger partial charge in [-0.2, -0.15) is 0 Å². The van der Waals surface area contributed by atoms with Gasteiger partial charge in [0.2, 0.25) is 0 Å². The minimum absolute atomic E-state index is 0.0147. The van der Waals surface area contributed by atoms with Gasteiger partial charge in [-0.3, -0.25) is 0 Å². The van der Waals surface area contributed by atoms with Gasteiger partial charge in [0, 0.05) is 17.7 Å². The van der Waals surface area contributed by atoms with E-state index < -0.39 is 6.10 Å². The van der Waals surface area contributed by atoms with Crippen LogP contribution in [0.2, 0.25) is 0 Å². The topological polar surface area (TPSA) is 101 Å². The SMILES string of the molecule is CCOCC(O)COc1c(O)cc2ccccc2c1-c1c(OCC2CO2)c(O)cc2ccccc12. The van der Waals surface area contributed by atoms with E-state index in [1.165, 1.54) is 0 Å². The van der Waals surface area contributed by atoms with Crippen molar-refractivity contribution < 1.29 is 34.3 Å². The van der Waals surface area contributed by atoms with Gasteiger partial charge in [0.05, 0.1) is 13.2 Å². The Morgan fingerprint density at radius 1 is 0.857 bits per heavy atom. The highest BCUT2D eigenvalue weighted by molar-refractivity contribution is 6.11. The number of hydrogen-bond donors (Lipinski definition) is 3. The van der Waals surface area contributed by atoms with Crippen molar-refractivity contribution in [3.63, 3.8) is 0 Å². The molecule has 7 heteroatoms. The second-order valence-corrected chi connectivity index (χ2v) is 8.53. The maximum absolute atomic E-state index is 11.0. The molecule has 0 radical (unpaired) electrons. The number of ether oxygens (including phenoxy) is 4. The molecule has 2 atom stereocenters. The molecule has 1 aliphatic heterocycles. The lowest BCUT2D eigenvalue weighted by Crippen LogP contribution is -2.23. The molecule has 1 saturated heterocycles. The largest absolute Gasteiger partial charge is 0.504 e. The normalized spacial score (nSPS) is 15.9. The lowest BCUT2D eigenvalue weighted by molar-refractivity contribution is 0.0161. The summed E-state index contributed by atoms with van der Waals surface area (Å²) in [7, 11) is 0. The minimum atomic E-state index is -0.877. The van der Waals surface area contributed by atoms with Crippen molar-refractivity contribution in [1.82, 2.24) is 0 Å². The number of hydrogen-bond acceptors (Lipinski definition) is 7. The van der Waals surface area contributed by atoms with Crippen LogP contribution in [0, 0.1) is 0 Å². The Morgan fingerprint density at radius 3 is 1.94 bits per heavy atom. The predicted molar refractivity (Wildman–Crippen MR) is 133 cm³/mol. The summed E-state index contributed by atoms with van der Waals surface area (Å²) in [5, 5.41) is 35.6. The van der Waals surface area contributed by atoms with Crippen LogP contribution in [0.15, 0.2) is 60.7 Å². The molecule has 35 heavy (non-hydrogen) atoms. The van der Waals surface area contributed by atoms with E-state index in [1.807, 2.05) is 55.5 Å². The van der Waals surface area contributed by atoms with Crippen molar-refractivity contribution in [2.24, 2.45) is 0 Å². The average Bonchev–Trinajstić information content (AvgIpc) is 3.69. The van der Waals surface area contributed by atoms with Crippen molar-refractivity contribution in [2.45, 2.75) is 19.1 Å². The summed E-state index contributed by atoms with van der Waals surface area (Å²) in [5.41, 5.74) is 1.17. The summed E-state index contributed by atoms with van der Waals surface area (Å²) in [4.78, 5) is 0. The second kappa shape index (κ2) is 10.00. The molecule has 1 heterocycles. The van der Waals surface area contributed by atoms with Crippen LogP contribution in [0.4, 0.5) is 0 Å². The summed E-state index contributed by atoms with van der Waals surface area (Å²) in [5.74, 6) is 0.387. The van der Waals surface area contributed by atoms with E-state index in [0.717, 1.165) is 21.5 Å². The molecular weight excluding hydrogens is 448 g/mol. The zero-order valence-electron chi connectivity index (χ0n) is 19.4. The van der Waals surface area contributed by atoms with Gasteiger partial charge in [-0.1, -0.05) is 48.5 Å². The molecule has 1 fully saturated rings. The second-order valence-electron chi connectivity index (χ2n) is 8.53. The van der Waals surface area contributed by atoms with E-state index in [9.17, 15) is 15.3 Å². The monoisotopic (exact) mass is 476 g/mol. The van der Waals surface area contributed by atoms with Gasteiger partial charge in [-0.05, 0) is 40.6 Å². The van der Waals surface area contributed by atoms with Crippen LogP contribution >= 0.6 is 0 Å². The Kier molecular flexibility index (Phi) is 6.63. The van der Waals surface area contributed by atoms with Crippen molar-refractivity contribution in [3.8, 4) is 34.1 Å². The number of epoxide rings is 1. The van der Waals surface area contributed by atoms with Crippen LogP contribution < -0.4 is 9.47 Å². The molecule has 0 aromatic heterocycles. The van der Waals surface area contributed by atoms with Crippen LogP contribution in [0.3, 0.4) is 0 Å². The lowest BCUT2D eigenvalue weighted by Gasteiger charge is -2.22. The third kappa shape index (κ3) is 4.84. The molecule has 0 bridgehead atoms. The zero-order valence-corrected chi connectivity index (χ0v) is 19.4. The molecule has 5 rings (SSSR count). The molecule has 7 nitrogen and oxygen atoms in total. The Hall–Kier alpha value is -3.52. The third-order valence-corrected chi connectivity index (χ3v) is 5.96. The fourth-order valence-corrected chi connectivity index (χ4v) is 4.24. The number of fused-ring (bicyclic) bond motifs is 2. The fraction of sp³-hybridized carbons (Fsp3) is 0.286. The number of aliphatic hydroxyl groups is 1.